The highest BCUT2D eigenvalue weighted by atomic mass is 79.9. The van der Waals surface area contributed by atoms with E-state index in [1.54, 1.807) is 6.08 Å². The number of allylic oxidation sites excluding steroid dienone is 1. The van der Waals surface area contributed by atoms with Gasteiger partial charge in [0.25, 0.3) is 0 Å². The van der Waals surface area contributed by atoms with Crippen molar-refractivity contribution in [3.63, 3.8) is 0 Å². The molecule has 0 amide bonds. The van der Waals surface area contributed by atoms with Crippen molar-refractivity contribution < 1.29 is 4.79 Å². The van der Waals surface area contributed by atoms with Crippen molar-refractivity contribution in [2.45, 2.75) is 19.4 Å². The zero-order chi connectivity index (χ0) is 17.9. The van der Waals surface area contributed by atoms with Gasteiger partial charge in [0, 0.05) is 59.0 Å². The summed E-state index contributed by atoms with van der Waals surface area (Å²) >= 11 is 3.54. The highest BCUT2D eigenvalue weighted by molar-refractivity contribution is 9.10. The summed E-state index contributed by atoms with van der Waals surface area (Å²) < 4.78 is 3.15. The number of aromatic nitrogens is 1. The Morgan fingerprint density at radius 2 is 1.85 bits per heavy atom. The van der Waals surface area contributed by atoms with Crippen molar-refractivity contribution in [2.24, 2.45) is 0 Å². The molecule has 0 spiro atoms. The first kappa shape index (κ1) is 17.1. The summed E-state index contributed by atoms with van der Waals surface area (Å²) in [7, 11) is 0. The highest BCUT2D eigenvalue weighted by Crippen LogP contribution is 2.27. The smallest absolute Gasteiger partial charge is 0.189 e. The maximum Gasteiger partial charge on any atom is 0.189 e. The molecule has 3 aromatic rings. The molecule has 0 bridgehead atoms. The molecule has 4 heteroatoms. The fourth-order valence-corrected chi connectivity index (χ4v) is 3.89. The van der Waals surface area contributed by atoms with Gasteiger partial charge >= 0.3 is 0 Å². The molecule has 0 atom stereocenters. The Morgan fingerprint density at radius 3 is 2.62 bits per heavy atom. The van der Waals surface area contributed by atoms with Crippen LogP contribution >= 0.6 is 15.9 Å². The number of rotatable bonds is 5. The first-order valence-corrected chi connectivity index (χ1v) is 9.79. The van der Waals surface area contributed by atoms with Crippen LogP contribution in [-0.4, -0.2) is 28.3 Å². The molecule has 26 heavy (non-hydrogen) atoms. The van der Waals surface area contributed by atoms with E-state index in [0.29, 0.717) is 0 Å². The van der Waals surface area contributed by atoms with Crippen LogP contribution in [0.25, 0.3) is 10.9 Å². The molecule has 1 aliphatic rings. The molecule has 0 radical (unpaired) electrons. The minimum absolute atomic E-state index is 0.0619. The molecule has 1 aromatic heterocycles. The Hall–Kier alpha value is -2.33. The average molecular weight is 409 g/mol. The quantitative estimate of drug-likeness (QED) is 0.425. The van der Waals surface area contributed by atoms with Gasteiger partial charge < -0.3 is 9.47 Å². The van der Waals surface area contributed by atoms with Gasteiger partial charge in [-0.3, -0.25) is 4.79 Å². The van der Waals surface area contributed by atoms with E-state index in [0.717, 1.165) is 40.6 Å². The third kappa shape index (κ3) is 3.61. The number of likely N-dealkylation sites (tertiary alicyclic amines) is 1. The van der Waals surface area contributed by atoms with Crippen LogP contribution in [0.2, 0.25) is 0 Å². The fraction of sp³-hybridized carbons (Fsp3) is 0.227. The van der Waals surface area contributed by atoms with Crippen molar-refractivity contribution in [2.75, 3.05) is 13.1 Å². The van der Waals surface area contributed by atoms with Gasteiger partial charge in [0.05, 0.1) is 0 Å². The monoisotopic (exact) mass is 408 g/mol. The van der Waals surface area contributed by atoms with Crippen molar-refractivity contribution in [1.29, 1.82) is 0 Å². The van der Waals surface area contributed by atoms with Gasteiger partial charge in [0.15, 0.2) is 5.78 Å². The molecule has 1 aliphatic heterocycles. The molecule has 0 unspecified atom stereocenters. The number of carbonyl (C=O) groups excluding carboxylic acids is 1. The van der Waals surface area contributed by atoms with E-state index in [2.05, 4.69) is 43.6 Å². The lowest BCUT2D eigenvalue weighted by Gasteiger charge is -2.09. The Balaban J connectivity index is 1.69. The van der Waals surface area contributed by atoms with Gasteiger partial charge in [-0.1, -0.05) is 46.3 Å². The number of fused-ring (bicyclic) bond motifs is 1. The van der Waals surface area contributed by atoms with E-state index in [9.17, 15) is 4.79 Å². The second kappa shape index (κ2) is 7.50. The molecule has 1 saturated heterocycles. The van der Waals surface area contributed by atoms with Crippen LogP contribution in [0.4, 0.5) is 0 Å². The number of hydrogen-bond donors (Lipinski definition) is 0. The largest absolute Gasteiger partial charge is 0.377 e. The molecule has 4 rings (SSSR count). The molecule has 0 saturated carbocycles. The van der Waals surface area contributed by atoms with Crippen molar-refractivity contribution in [3.05, 3.63) is 82.6 Å². The molecule has 0 aliphatic carbocycles. The van der Waals surface area contributed by atoms with Crippen molar-refractivity contribution in [3.8, 4) is 0 Å². The van der Waals surface area contributed by atoms with Gasteiger partial charge in [0.2, 0.25) is 0 Å². The third-order valence-corrected chi connectivity index (χ3v) is 5.37. The fourth-order valence-electron chi connectivity index (χ4n) is 3.53. The summed E-state index contributed by atoms with van der Waals surface area (Å²) in [5, 5.41) is 0.992. The van der Waals surface area contributed by atoms with E-state index in [1.807, 2.05) is 42.7 Å². The minimum Gasteiger partial charge on any atom is -0.377 e. The summed E-state index contributed by atoms with van der Waals surface area (Å²) in [5.41, 5.74) is 3.06. The van der Waals surface area contributed by atoms with Gasteiger partial charge in [-0.2, -0.15) is 0 Å². The van der Waals surface area contributed by atoms with Crippen LogP contribution in [0.1, 0.15) is 28.8 Å². The zero-order valence-corrected chi connectivity index (χ0v) is 16.2. The first-order chi connectivity index (χ1) is 12.7. The maximum atomic E-state index is 12.9. The number of hydrogen-bond acceptors (Lipinski definition) is 2. The highest BCUT2D eigenvalue weighted by Gasteiger charge is 2.15. The summed E-state index contributed by atoms with van der Waals surface area (Å²) in [5.74, 6) is 0.0619. The zero-order valence-electron chi connectivity index (χ0n) is 14.6. The lowest BCUT2D eigenvalue weighted by atomic mass is 10.1. The molecule has 3 nitrogen and oxygen atoms in total. The van der Waals surface area contributed by atoms with Crippen molar-refractivity contribution in [1.82, 2.24) is 9.47 Å². The normalized spacial score (nSPS) is 14.6. The number of halogens is 1. The second-order valence-electron chi connectivity index (χ2n) is 6.74. The van der Waals surface area contributed by atoms with Gasteiger partial charge in [-0.25, -0.2) is 0 Å². The molecule has 0 N–H and O–H groups in total. The third-order valence-electron chi connectivity index (χ3n) is 4.88. The maximum absolute atomic E-state index is 12.9. The lowest BCUT2D eigenvalue weighted by molar-refractivity contribution is 0.104. The van der Waals surface area contributed by atoms with E-state index < -0.39 is 0 Å². The Morgan fingerprint density at radius 1 is 1.08 bits per heavy atom. The summed E-state index contributed by atoms with van der Waals surface area (Å²) in [4.78, 5) is 15.1. The van der Waals surface area contributed by atoms with Crippen LogP contribution in [0.15, 0.2) is 71.5 Å². The SMILES string of the molecule is O=C(/C=C/N1CCCC1)c1cn(Cc2ccccc2)c2ccc(Br)cc12. The standard InChI is InChI=1S/C22H21BrN2O/c23-18-8-9-21-19(14-18)20(22(26)10-13-24-11-4-5-12-24)16-25(21)15-17-6-2-1-3-7-17/h1-3,6-10,13-14,16H,4-5,11-12,15H2/b13-10+. The number of ketones is 1. The predicted molar refractivity (Wildman–Crippen MR) is 109 cm³/mol. The molecule has 1 fully saturated rings. The van der Waals surface area contributed by atoms with Gasteiger partial charge in [0.1, 0.15) is 0 Å². The Bertz CT molecular complexity index is 953. The van der Waals surface area contributed by atoms with E-state index >= 15 is 0 Å². The molecular formula is C22H21BrN2O. The molecule has 2 aromatic carbocycles. The van der Waals surface area contributed by atoms with Crippen LogP contribution in [0.3, 0.4) is 0 Å². The number of carbonyl (C=O) groups is 1. The molecule has 2 heterocycles. The summed E-state index contributed by atoms with van der Waals surface area (Å²) in [6.45, 7) is 2.85. The topological polar surface area (TPSA) is 25.2 Å². The van der Waals surface area contributed by atoms with E-state index in [4.69, 9.17) is 0 Å². The predicted octanol–water partition coefficient (Wildman–Crippen LogP) is 5.24. The summed E-state index contributed by atoms with van der Waals surface area (Å²) in [6.07, 6.45) is 8.08. The van der Waals surface area contributed by atoms with E-state index in [-0.39, 0.29) is 5.78 Å². The van der Waals surface area contributed by atoms with Crippen LogP contribution < -0.4 is 0 Å². The number of benzene rings is 2. The lowest BCUT2D eigenvalue weighted by Crippen LogP contribution is -2.11. The molecule has 132 valence electrons. The minimum atomic E-state index is 0.0619. The van der Waals surface area contributed by atoms with Crippen LogP contribution in [0.5, 0.6) is 0 Å². The Labute approximate surface area is 162 Å². The first-order valence-electron chi connectivity index (χ1n) is 8.99. The molecular weight excluding hydrogens is 388 g/mol. The average Bonchev–Trinajstić information content (AvgIpc) is 3.29. The van der Waals surface area contributed by atoms with Crippen LogP contribution in [-0.2, 0) is 6.54 Å². The number of nitrogens with zero attached hydrogens (tertiary/aromatic N) is 2. The Kier molecular flexibility index (Phi) is 4.93. The van der Waals surface area contributed by atoms with Gasteiger partial charge in [-0.15, -0.1) is 0 Å². The summed E-state index contributed by atoms with van der Waals surface area (Å²) in [6, 6.07) is 16.5. The second-order valence-corrected chi connectivity index (χ2v) is 7.66. The van der Waals surface area contributed by atoms with Crippen LogP contribution in [0, 0.1) is 0 Å². The van der Waals surface area contributed by atoms with E-state index in [1.165, 1.54) is 18.4 Å². The van der Waals surface area contributed by atoms with Crippen molar-refractivity contribution >= 4 is 32.6 Å². The van der Waals surface area contributed by atoms with Gasteiger partial charge in [-0.05, 0) is 36.6 Å².